The van der Waals surface area contributed by atoms with Gasteiger partial charge < -0.3 is 11.5 Å². The number of hydrogen-bond donors (Lipinski definition) is 2. The van der Waals surface area contributed by atoms with Crippen molar-refractivity contribution >= 4 is 0 Å². The standard InChI is InChI=1S/C11H14F4N2/c12-8-4-1-3-7(11(13,14)15)10(8)9(17)5-2-6-16/h1,3-4,9H,2,5-6,16-17H2/t9-/m0/s1. The van der Waals surface area contributed by atoms with Crippen molar-refractivity contribution < 1.29 is 17.6 Å². The summed E-state index contributed by atoms with van der Waals surface area (Å²) in [4.78, 5) is 0. The van der Waals surface area contributed by atoms with Crippen LogP contribution in [0.25, 0.3) is 0 Å². The topological polar surface area (TPSA) is 52.0 Å². The van der Waals surface area contributed by atoms with E-state index in [0.29, 0.717) is 13.0 Å². The number of benzene rings is 1. The fraction of sp³-hybridized carbons (Fsp3) is 0.455. The van der Waals surface area contributed by atoms with Gasteiger partial charge in [0.15, 0.2) is 0 Å². The lowest BCUT2D eigenvalue weighted by atomic mass is 9.96. The van der Waals surface area contributed by atoms with Crippen molar-refractivity contribution in [3.8, 4) is 0 Å². The second kappa shape index (κ2) is 5.46. The number of halogens is 4. The lowest BCUT2D eigenvalue weighted by Gasteiger charge is -2.18. The van der Waals surface area contributed by atoms with E-state index < -0.39 is 29.2 Å². The second-order valence-corrected chi connectivity index (χ2v) is 3.74. The predicted molar refractivity (Wildman–Crippen MR) is 56.6 cm³/mol. The minimum absolute atomic E-state index is 0.223. The van der Waals surface area contributed by atoms with Gasteiger partial charge >= 0.3 is 6.18 Å². The number of rotatable bonds is 4. The van der Waals surface area contributed by atoms with Gasteiger partial charge in [0, 0.05) is 11.6 Å². The third kappa shape index (κ3) is 3.41. The maximum absolute atomic E-state index is 13.4. The third-order valence-electron chi connectivity index (χ3n) is 2.45. The van der Waals surface area contributed by atoms with Crippen LogP contribution in [0.5, 0.6) is 0 Å². The molecule has 4 N–H and O–H groups in total. The Kier molecular flexibility index (Phi) is 4.47. The molecule has 0 aliphatic heterocycles. The van der Waals surface area contributed by atoms with Gasteiger partial charge in [0.05, 0.1) is 5.56 Å². The summed E-state index contributed by atoms with van der Waals surface area (Å²) in [5.41, 5.74) is 9.34. The van der Waals surface area contributed by atoms with E-state index >= 15 is 0 Å². The molecule has 0 aliphatic rings. The van der Waals surface area contributed by atoms with Gasteiger partial charge in [-0.3, -0.25) is 0 Å². The highest BCUT2D eigenvalue weighted by atomic mass is 19.4. The molecule has 0 radical (unpaired) electrons. The first-order valence-electron chi connectivity index (χ1n) is 5.19. The highest BCUT2D eigenvalue weighted by molar-refractivity contribution is 5.33. The lowest BCUT2D eigenvalue weighted by Crippen LogP contribution is -2.20. The minimum Gasteiger partial charge on any atom is -0.330 e. The molecule has 0 heterocycles. The first kappa shape index (κ1) is 13.9. The maximum atomic E-state index is 13.4. The Labute approximate surface area is 96.6 Å². The molecule has 0 saturated heterocycles. The van der Waals surface area contributed by atoms with Crippen LogP contribution < -0.4 is 11.5 Å². The summed E-state index contributed by atoms with van der Waals surface area (Å²) in [7, 11) is 0. The zero-order valence-electron chi connectivity index (χ0n) is 9.10. The van der Waals surface area contributed by atoms with Gasteiger partial charge in [0.2, 0.25) is 0 Å². The molecule has 96 valence electrons. The zero-order valence-corrected chi connectivity index (χ0v) is 9.10. The van der Waals surface area contributed by atoms with Crippen LogP contribution in [-0.2, 0) is 6.18 Å². The van der Waals surface area contributed by atoms with Crippen LogP contribution in [0.2, 0.25) is 0 Å². The molecule has 0 fully saturated rings. The fourth-order valence-electron chi connectivity index (χ4n) is 1.64. The molecule has 0 saturated carbocycles. The molecular weight excluding hydrogens is 236 g/mol. The molecule has 0 spiro atoms. The van der Waals surface area contributed by atoms with E-state index in [-0.39, 0.29) is 6.42 Å². The molecule has 1 aromatic rings. The molecule has 1 rings (SSSR count). The summed E-state index contributed by atoms with van der Waals surface area (Å²) >= 11 is 0. The summed E-state index contributed by atoms with van der Waals surface area (Å²) in [6, 6.07) is 1.85. The number of alkyl halides is 3. The Hall–Kier alpha value is -1.14. The van der Waals surface area contributed by atoms with E-state index in [1.54, 1.807) is 0 Å². The molecule has 17 heavy (non-hydrogen) atoms. The first-order chi connectivity index (χ1) is 7.88. The van der Waals surface area contributed by atoms with Crippen molar-refractivity contribution in [3.05, 3.63) is 35.1 Å². The lowest BCUT2D eigenvalue weighted by molar-refractivity contribution is -0.138. The molecule has 6 heteroatoms. The van der Waals surface area contributed by atoms with E-state index in [1.165, 1.54) is 0 Å². The molecule has 1 aromatic carbocycles. The smallest absolute Gasteiger partial charge is 0.330 e. The number of nitrogens with two attached hydrogens (primary N) is 2. The van der Waals surface area contributed by atoms with Crippen LogP contribution in [0, 0.1) is 5.82 Å². The van der Waals surface area contributed by atoms with Gasteiger partial charge in [-0.25, -0.2) is 4.39 Å². The van der Waals surface area contributed by atoms with Crippen molar-refractivity contribution in [2.45, 2.75) is 25.1 Å². The average Bonchev–Trinajstić information content (AvgIpc) is 2.24. The van der Waals surface area contributed by atoms with Crippen LogP contribution in [0.1, 0.15) is 30.0 Å². The van der Waals surface area contributed by atoms with Gasteiger partial charge in [-0.15, -0.1) is 0 Å². The summed E-state index contributed by atoms with van der Waals surface area (Å²) in [6.07, 6.45) is -3.93. The van der Waals surface area contributed by atoms with Gasteiger partial charge in [-0.2, -0.15) is 13.2 Å². The molecular formula is C11H14F4N2. The molecule has 1 atom stereocenters. The molecule has 0 unspecified atom stereocenters. The van der Waals surface area contributed by atoms with Gasteiger partial charge in [-0.1, -0.05) is 6.07 Å². The molecule has 2 nitrogen and oxygen atoms in total. The van der Waals surface area contributed by atoms with Crippen molar-refractivity contribution in [1.29, 1.82) is 0 Å². The van der Waals surface area contributed by atoms with Crippen LogP contribution in [-0.4, -0.2) is 6.54 Å². The van der Waals surface area contributed by atoms with Gasteiger partial charge in [-0.05, 0) is 31.5 Å². The largest absolute Gasteiger partial charge is 0.416 e. The van der Waals surface area contributed by atoms with Crippen molar-refractivity contribution in [3.63, 3.8) is 0 Å². The van der Waals surface area contributed by atoms with Crippen LogP contribution in [0.3, 0.4) is 0 Å². The van der Waals surface area contributed by atoms with Gasteiger partial charge in [0.25, 0.3) is 0 Å². The van der Waals surface area contributed by atoms with Crippen molar-refractivity contribution in [2.75, 3.05) is 6.54 Å². The Morgan fingerprint density at radius 1 is 1.24 bits per heavy atom. The molecule has 0 amide bonds. The quantitative estimate of drug-likeness (QED) is 0.807. The fourth-order valence-corrected chi connectivity index (χ4v) is 1.64. The first-order valence-corrected chi connectivity index (χ1v) is 5.19. The summed E-state index contributed by atoms with van der Waals surface area (Å²) < 4.78 is 51.4. The molecule has 0 aromatic heterocycles. The molecule has 0 bridgehead atoms. The van der Waals surface area contributed by atoms with E-state index in [2.05, 4.69) is 0 Å². The predicted octanol–water partition coefficient (Wildman–Crippen LogP) is 2.58. The highest BCUT2D eigenvalue weighted by Crippen LogP contribution is 2.36. The Balaban J connectivity index is 3.12. The van der Waals surface area contributed by atoms with E-state index in [0.717, 1.165) is 18.2 Å². The summed E-state index contributed by atoms with van der Waals surface area (Å²) in [5, 5.41) is 0. The monoisotopic (exact) mass is 250 g/mol. The van der Waals surface area contributed by atoms with Crippen LogP contribution >= 0.6 is 0 Å². The SMILES string of the molecule is NCCC[C@H](N)c1c(F)cccc1C(F)(F)F. The van der Waals surface area contributed by atoms with Crippen LogP contribution in [0.4, 0.5) is 17.6 Å². The minimum atomic E-state index is -4.60. The normalized spacial score (nSPS) is 13.8. The maximum Gasteiger partial charge on any atom is 0.416 e. The van der Waals surface area contributed by atoms with E-state index in [1.807, 2.05) is 0 Å². The Morgan fingerprint density at radius 2 is 1.88 bits per heavy atom. The summed E-state index contributed by atoms with van der Waals surface area (Å²) in [5.74, 6) is -0.927. The summed E-state index contributed by atoms with van der Waals surface area (Å²) in [6.45, 7) is 0.309. The third-order valence-corrected chi connectivity index (χ3v) is 2.45. The van der Waals surface area contributed by atoms with Crippen molar-refractivity contribution in [1.82, 2.24) is 0 Å². The number of hydrogen-bond acceptors (Lipinski definition) is 2. The zero-order chi connectivity index (χ0) is 13.1. The molecule has 0 aliphatic carbocycles. The average molecular weight is 250 g/mol. The van der Waals surface area contributed by atoms with E-state index in [4.69, 9.17) is 11.5 Å². The highest BCUT2D eigenvalue weighted by Gasteiger charge is 2.35. The van der Waals surface area contributed by atoms with E-state index in [9.17, 15) is 17.6 Å². The van der Waals surface area contributed by atoms with Gasteiger partial charge in [0.1, 0.15) is 5.82 Å². The Morgan fingerprint density at radius 3 is 2.41 bits per heavy atom. The van der Waals surface area contributed by atoms with Crippen molar-refractivity contribution in [2.24, 2.45) is 11.5 Å². The van der Waals surface area contributed by atoms with Crippen LogP contribution in [0.15, 0.2) is 18.2 Å². The Bertz CT molecular complexity index is 376. The second-order valence-electron chi connectivity index (χ2n) is 3.74.